The van der Waals surface area contributed by atoms with Crippen LogP contribution in [-0.4, -0.2) is 28.0 Å². The van der Waals surface area contributed by atoms with E-state index in [-0.39, 0.29) is 4.87 Å². The van der Waals surface area contributed by atoms with E-state index in [0.717, 1.165) is 12.3 Å². The molecular formula is C15H25NOS. The molecule has 2 fully saturated rings. The van der Waals surface area contributed by atoms with Crippen molar-refractivity contribution in [3.8, 4) is 0 Å². The molecule has 0 aromatic heterocycles. The van der Waals surface area contributed by atoms with Gasteiger partial charge in [-0.15, -0.1) is 18.3 Å². The van der Waals surface area contributed by atoms with Crippen molar-refractivity contribution in [3.63, 3.8) is 0 Å². The van der Waals surface area contributed by atoms with E-state index in [1.807, 2.05) is 17.8 Å². The molecule has 102 valence electrons. The Balaban J connectivity index is 2.33. The van der Waals surface area contributed by atoms with Crippen LogP contribution in [0.5, 0.6) is 0 Å². The average Bonchev–Trinajstić information content (AvgIpc) is 2.59. The Labute approximate surface area is 115 Å². The summed E-state index contributed by atoms with van der Waals surface area (Å²) in [4.78, 5) is 14.3. The lowest BCUT2D eigenvalue weighted by molar-refractivity contribution is -0.132. The molecule has 1 saturated carbocycles. The molecule has 1 aliphatic carbocycles. The van der Waals surface area contributed by atoms with Crippen molar-refractivity contribution in [2.75, 3.05) is 12.3 Å². The molecule has 0 aromatic rings. The largest absolute Gasteiger partial charge is 0.323 e. The van der Waals surface area contributed by atoms with Crippen molar-refractivity contribution in [1.29, 1.82) is 0 Å². The van der Waals surface area contributed by atoms with Crippen molar-refractivity contribution in [2.45, 2.75) is 44.9 Å². The normalized spacial score (nSPS) is 36.7. The first-order valence-electron chi connectivity index (χ1n) is 7.06. The van der Waals surface area contributed by atoms with E-state index in [4.69, 9.17) is 0 Å². The second-order valence-electron chi connectivity index (χ2n) is 6.16. The number of amides is 1. The number of thioether (sulfide) groups is 1. The first kappa shape index (κ1) is 14.0. The van der Waals surface area contributed by atoms with Gasteiger partial charge >= 0.3 is 0 Å². The zero-order valence-corrected chi connectivity index (χ0v) is 12.6. The van der Waals surface area contributed by atoms with Crippen LogP contribution in [0.4, 0.5) is 0 Å². The Morgan fingerprint density at radius 1 is 1.56 bits per heavy atom. The van der Waals surface area contributed by atoms with Crippen LogP contribution in [0, 0.1) is 17.8 Å². The first-order chi connectivity index (χ1) is 8.51. The SMILES string of the molecule is C=CCN1C(=O)CS[C@]12C[C@H](C)CC[C@H]2C(C)C. The molecule has 1 spiro atoms. The maximum atomic E-state index is 12.2. The van der Waals surface area contributed by atoms with E-state index < -0.39 is 0 Å². The summed E-state index contributed by atoms with van der Waals surface area (Å²) in [5.74, 6) is 2.96. The number of hydrogen-bond acceptors (Lipinski definition) is 2. The van der Waals surface area contributed by atoms with Gasteiger partial charge in [0.15, 0.2) is 0 Å². The Hall–Kier alpha value is -0.440. The summed E-state index contributed by atoms with van der Waals surface area (Å²) in [6.45, 7) is 11.5. The minimum atomic E-state index is 0.0527. The smallest absolute Gasteiger partial charge is 0.234 e. The zero-order valence-electron chi connectivity index (χ0n) is 11.8. The molecule has 18 heavy (non-hydrogen) atoms. The fourth-order valence-corrected chi connectivity index (χ4v) is 5.58. The van der Waals surface area contributed by atoms with Gasteiger partial charge in [0.05, 0.1) is 10.6 Å². The molecule has 0 unspecified atom stereocenters. The second-order valence-corrected chi connectivity index (χ2v) is 7.45. The molecule has 2 rings (SSSR count). The van der Waals surface area contributed by atoms with Gasteiger partial charge < -0.3 is 4.90 Å². The van der Waals surface area contributed by atoms with Crippen LogP contribution in [0.2, 0.25) is 0 Å². The fraction of sp³-hybridized carbons (Fsp3) is 0.800. The van der Waals surface area contributed by atoms with Gasteiger partial charge in [-0.05, 0) is 30.6 Å². The van der Waals surface area contributed by atoms with Crippen LogP contribution in [0.25, 0.3) is 0 Å². The van der Waals surface area contributed by atoms with Gasteiger partial charge in [0, 0.05) is 6.54 Å². The summed E-state index contributed by atoms with van der Waals surface area (Å²) < 4.78 is 0. The van der Waals surface area contributed by atoms with Gasteiger partial charge in [-0.1, -0.05) is 33.3 Å². The monoisotopic (exact) mass is 267 g/mol. The van der Waals surface area contributed by atoms with E-state index in [0.29, 0.717) is 30.0 Å². The van der Waals surface area contributed by atoms with Crippen molar-refractivity contribution in [3.05, 3.63) is 12.7 Å². The number of nitrogens with zero attached hydrogens (tertiary/aromatic N) is 1. The van der Waals surface area contributed by atoms with Gasteiger partial charge in [0.1, 0.15) is 0 Å². The third-order valence-corrected chi connectivity index (χ3v) is 6.09. The third-order valence-electron chi connectivity index (χ3n) is 4.51. The molecule has 2 aliphatic rings. The van der Waals surface area contributed by atoms with E-state index in [9.17, 15) is 4.79 Å². The third kappa shape index (κ3) is 2.22. The summed E-state index contributed by atoms with van der Waals surface area (Å²) in [5, 5.41) is 0. The lowest BCUT2D eigenvalue weighted by Crippen LogP contribution is -2.54. The molecule has 0 N–H and O–H groups in total. The van der Waals surface area contributed by atoms with E-state index >= 15 is 0 Å². The van der Waals surface area contributed by atoms with Gasteiger partial charge in [0.2, 0.25) is 5.91 Å². The van der Waals surface area contributed by atoms with Crippen LogP contribution >= 0.6 is 11.8 Å². The highest BCUT2D eigenvalue weighted by molar-refractivity contribution is 8.01. The molecule has 0 aromatic carbocycles. The summed E-state index contributed by atoms with van der Waals surface area (Å²) in [5.41, 5.74) is 0. The first-order valence-corrected chi connectivity index (χ1v) is 8.05. The molecule has 0 radical (unpaired) electrons. The number of carbonyl (C=O) groups is 1. The molecule has 1 saturated heterocycles. The molecule has 1 heterocycles. The van der Waals surface area contributed by atoms with Gasteiger partial charge in [-0.2, -0.15) is 0 Å². The standard InChI is InChI=1S/C15H25NOS/c1-5-8-16-14(17)10-18-15(16)9-12(4)6-7-13(15)11(2)3/h5,11-13H,1,6-10H2,2-4H3/t12-,13+,15+/m1/s1. The minimum Gasteiger partial charge on any atom is -0.323 e. The predicted molar refractivity (Wildman–Crippen MR) is 78.4 cm³/mol. The molecule has 1 aliphatic heterocycles. The van der Waals surface area contributed by atoms with Crippen LogP contribution in [-0.2, 0) is 4.79 Å². The van der Waals surface area contributed by atoms with Crippen molar-refractivity contribution in [2.24, 2.45) is 17.8 Å². The highest BCUT2D eigenvalue weighted by atomic mass is 32.2. The highest BCUT2D eigenvalue weighted by Gasteiger charge is 2.53. The minimum absolute atomic E-state index is 0.0527. The number of rotatable bonds is 3. The van der Waals surface area contributed by atoms with Crippen LogP contribution in [0.3, 0.4) is 0 Å². The maximum Gasteiger partial charge on any atom is 0.234 e. The van der Waals surface area contributed by atoms with E-state index in [1.54, 1.807) is 0 Å². The zero-order chi connectivity index (χ0) is 13.3. The molecule has 3 atom stereocenters. The summed E-state index contributed by atoms with van der Waals surface area (Å²) in [7, 11) is 0. The number of hydrogen-bond donors (Lipinski definition) is 0. The lowest BCUT2D eigenvalue weighted by Gasteiger charge is -2.50. The number of carbonyl (C=O) groups excluding carboxylic acids is 1. The quantitative estimate of drug-likeness (QED) is 0.729. The summed E-state index contributed by atoms with van der Waals surface area (Å²) in [6, 6.07) is 0. The van der Waals surface area contributed by atoms with Gasteiger partial charge in [-0.25, -0.2) is 0 Å². The molecule has 3 heteroatoms. The van der Waals surface area contributed by atoms with Crippen molar-refractivity contribution in [1.82, 2.24) is 4.90 Å². The summed E-state index contributed by atoms with van der Waals surface area (Å²) in [6.07, 6.45) is 5.59. The van der Waals surface area contributed by atoms with Gasteiger partial charge in [-0.3, -0.25) is 4.79 Å². The highest BCUT2D eigenvalue weighted by Crippen LogP contribution is 2.54. The Bertz CT molecular complexity index is 341. The van der Waals surface area contributed by atoms with Crippen LogP contribution < -0.4 is 0 Å². The van der Waals surface area contributed by atoms with Gasteiger partial charge in [0.25, 0.3) is 0 Å². The fourth-order valence-electron chi connectivity index (χ4n) is 3.71. The molecule has 1 amide bonds. The second kappa shape index (κ2) is 5.28. The molecular weight excluding hydrogens is 242 g/mol. The Morgan fingerprint density at radius 3 is 2.89 bits per heavy atom. The van der Waals surface area contributed by atoms with Crippen molar-refractivity contribution < 1.29 is 4.79 Å². The van der Waals surface area contributed by atoms with E-state index in [2.05, 4.69) is 32.3 Å². The van der Waals surface area contributed by atoms with Crippen LogP contribution in [0.15, 0.2) is 12.7 Å². The molecule has 0 bridgehead atoms. The van der Waals surface area contributed by atoms with E-state index in [1.165, 1.54) is 12.8 Å². The van der Waals surface area contributed by atoms with Crippen molar-refractivity contribution >= 4 is 17.7 Å². The Morgan fingerprint density at radius 2 is 2.28 bits per heavy atom. The maximum absolute atomic E-state index is 12.2. The average molecular weight is 267 g/mol. The lowest BCUT2D eigenvalue weighted by atomic mass is 9.72. The van der Waals surface area contributed by atoms with Crippen LogP contribution in [0.1, 0.15) is 40.0 Å². The predicted octanol–water partition coefficient (Wildman–Crippen LogP) is 3.54. The summed E-state index contributed by atoms with van der Waals surface area (Å²) >= 11 is 1.89. The molecule has 2 nitrogen and oxygen atoms in total. The topological polar surface area (TPSA) is 20.3 Å². The Kier molecular flexibility index (Phi) is 4.10.